The molecule has 2 aromatic heterocycles. The number of aromatic nitrogens is 3. The lowest BCUT2D eigenvalue weighted by molar-refractivity contribution is 0.837. The molecule has 0 saturated heterocycles. The third-order valence-corrected chi connectivity index (χ3v) is 3.80. The molecule has 0 saturated carbocycles. The monoisotopic (exact) mass is 254 g/mol. The number of rotatable bonds is 3. The summed E-state index contributed by atoms with van der Waals surface area (Å²) in [6.45, 7) is 5.13. The van der Waals surface area contributed by atoms with Crippen molar-refractivity contribution in [3.05, 3.63) is 47.4 Å². The Labute approximate surface area is 112 Å². The van der Waals surface area contributed by atoms with E-state index in [1.807, 2.05) is 12.3 Å². The van der Waals surface area contributed by atoms with E-state index in [2.05, 4.69) is 59.2 Å². The molecular weight excluding hydrogens is 236 g/mol. The van der Waals surface area contributed by atoms with Gasteiger partial charge in [-0.15, -0.1) is 0 Å². The van der Waals surface area contributed by atoms with Gasteiger partial charge in [0.1, 0.15) is 0 Å². The average Bonchev–Trinajstić information content (AvgIpc) is 2.96. The number of aryl methyl sites for hydroxylation is 1. The second-order valence-electron chi connectivity index (χ2n) is 4.98. The second-order valence-corrected chi connectivity index (χ2v) is 4.98. The van der Waals surface area contributed by atoms with Gasteiger partial charge in [-0.1, -0.05) is 0 Å². The third kappa shape index (κ3) is 2.10. The van der Waals surface area contributed by atoms with Crippen molar-refractivity contribution in [2.75, 3.05) is 5.32 Å². The van der Waals surface area contributed by atoms with Crippen molar-refractivity contribution in [1.82, 2.24) is 14.8 Å². The summed E-state index contributed by atoms with van der Waals surface area (Å²) in [5.41, 5.74) is 6.13. The van der Waals surface area contributed by atoms with E-state index < -0.39 is 0 Å². The molecule has 98 valence electrons. The van der Waals surface area contributed by atoms with Crippen molar-refractivity contribution in [1.29, 1.82) is 0 Å². The van der Waals surface area contributed by atoms with Crippen molar-refractivity contribution in [3.63, 3.8) is 0 Å². The summed E-state index contributed by atoms with van der Waals surface area (Å²) in [6.07, 6.45) is 1.85. The van der Waals surface area contributed by atoms with E-state index in [-0.39, 0.29) is 0 Å². The fourth-order valence-corrected chi connectivity index (χ4v) is 2.36. The minimum Gasteiger partial charge on any atom is -0.381 e. The predicted octanol–water partition coefficient (Wildman–Crippen LogP) is 3.13. The summed E-state index contributed by atoms with van der Waals surface area (Å²) in [5.74, 6) is 0. The number of anilines is 1. The molecule has 0 aliphatic rings. The van der Waals surface area contributed by atoms with Gasteiger partial charge < -0.3 is 9.88 Å². The standard InChI is InChI=1S/C15H18N4/c1-10-6-12(11(2)19(10)3)8-16-14-4-5-15-13(7-14)9-17-18-15/h4-7,9,16H,8H2,1-3H3,(H,17,18). The molecule has 0 aliphatic heterocycles. The number of hydrogen-bond donors (Lipinski definition) is 2. The Balaban J connectivity index is 1.79. The molecule has 3 rings (SSSR count). The summed E-state index contributed by atoms with van der Waals surface area (Å²) >= 11 is 0. The largest absolute Gasteiger partial charge is 0.381 e. The van der Waals surface area contributed by atoms with E-state index in [4.69, 9.17) is 0 Å². The van der Waals surface area contributed by atoms with Crippen LogP contribution in [0, 0.1) is 13.8 Å². The van der Waals surface area contributed by atoms with E-state index in [0.29, 0.717) is 0 Å². The molecule has 4 nitrogen and oxygen atoms in total. The normalized spacial score (nSPS) is 11.1. The molecule has 0 aliphatic carbocycles. The highest BCUT2D eigenvalue weighted by Crippen LogP contribution is 2.19. The molecule has 4 heteroatoms. The number of H-pyrrole nitrogens is 1. The van der Waals surface area contributed by atoms with Crippen molar-refractivity contribution < 1.29 is 0 Å². The number of nitrogens with zero attached hydrogens (tertiary/aromatic N) is 2. The zero-order chi connectivity index (χ0) is 13.4. The summed E-state index contributed by atoms with van der Waals surface area (Å²) < 4.78 is 2.22. The molecule has 0 atom stereocenters. The number of aromatic amines is 1. The third-order valence-electron chi connectivity index (χ3n) is 3.80. The van der Waals surface area contributed by atoms with Gasteiger partial charge in [0.25, 0.3) is 0 Å². The molecule has 0 unspecified atom stereocenters. The van der Waals surface area contributed by atoms with Gasteiger partial charge in [0.2, 0.25) is 0 Å². The molecule has 2 N–H and O–H groups in total. The second kappa shape index (κ2) is 4.46. The maximum Gasteiger partial charge on any atom is 0.0651 e. The summed E-state index contributed by atoms with van der Waals surface area (Å²) in [7, 11) is 2.10. The van der Waals surface area contributed by atoms with Crippen LogP contribution in [0.3, 0.4) is 0 Å². The predicted molar refractivity (Wildman–Crippen MR) is 78.3 cm³/mol. The van der Waals surface area contributed by atoms with E-state index in [0.717, 1.165) is 23.1 Å². The Morgan fingerprint density at radius 1 is 1.26 bits per heavy atom. The molecule has 0 radical (unpaired) electrons. The lowest BCUT2D eigenvalue weighted by atomic mass is 10.2. The summed E-state index contributed by atoms with van der Waals surface area (Å²) in [4.78, 5) is 0. The van der Waals surface area contributed by atoms with Gasteiger partial charge in [-0.3, -0.25) is 5.10 Å². The summed E-state index contributed by atoms with van der Waals surface area (Å²) in [6, 6.07) is 8.47. The van der Waals surface area contributed by atoms with Crippen LogP contribution in [0.5, 0.6) is 0 Å². The molecule has 19 heavy (non-hydrogen) atoms. The number of hydrogen-bond acceptors (Lipinski definition) is 2. The molecule has 0 fully saturated rings. The first-order valence-electron chi connectivity index (χ1n) is 6.44. The lowest BCUT2D eigenvalue weighted by Gasteiger charge is -2.07. The Bertz CT molecular complexity index is 721. The Morgan fingerprint density at radius 2 is 2.11 bits per heavy atom. The minimum absolute atomic E-state index is 0.844. The van der Waals surface area contributed by atoms with Crippen LogP contribution in [-0.2, 0) is 13.6 Å². The van der Waals surface area contributed by atoms with Crippen LogP contribution in [0.4, 0.5) is 5.69 Å². The van der Waals surface area contributed by atoms with Gasteiger partial charge in [-0.2, -0.15) is 5.10 Å². The van der Waals surface area contributed by atoms with Crippen molar-refractivity contribution in [2.45, 2.75) is 20.4 Å². The highest BCUT2D eigenvalue weighted by Gasteiger charge is 2.05. The molecule has 3 aromatic rings. The van der Waals surface area contributed by atoms with Gasteiger partial charge in [-0.25, -0.2) is 0 Å². The number of nitrogens with one attached hydrogen (secondary N) is 2. The topological polar surface area (TPSA) is 45.6 Å². The molecule has 2 heterocycles. The average molecular weight is 254 g/mol. The van der Waals surface area contributed by atoms with Gasteiger partial charge in [0.05, 0.1) is 11.7 Å². The van der Waals surface area contributed by atoms with Crippen LogP contribution in [0.2, 0.25) is 0 Å². The van der Waals surface area contributed by atoms with E-state index in [1.54, 1.807) is 0 Å². The zero-order valence-corrected chi connectivity index (χ0v) is 11.5. The Kier molecular flexibility index (Phi) is 2.78. The van der Waals surface area contributed by atoms with Gasteiger partial charge in [0, 0.05) is 36.1 Å². The number of fused-ring (bicyclic) bond motifs is 1. The fraction of sp³-hybridized carbons (Fsp3) is 0.267. The number of benzene rings is 1. The Hall–Kier alpha value is -2.23. The van der Waals surface area contributed by atoms with Crippen molar-refractivity contribution in [3.8, 4) is 0 Å². The lowest BCUT2D eigenvalue weighted by Crippen LogP contribution is -2.01. The van der Waals surface area contributed by atoms with Crippen molar-refractivity contribution in [2.24, 2.45) is 7.05 Å². The first-order valence-corrected chi connectivity index (χ1v) is 6.44. The zero-order valence-electron chi connectivity index (χ0n) is 11.5. The SMILES string of the molecule is Cc1cc(CNc2ccc3[nH]ncc3c2)c(C)n1C. The molecule has 0 spiro atoms. The quantitative estimate of drug-likeness (QED) is 0.754. The minimum atomic E-state index is 0.844. The van der Waals surface area contributed by atoms with Crippen LogP contribution < -0.4 is 5.32 Å². The highest BCUT2D eigenvalue weighted by molar-refractivity contribution is 5.81. The van der Waals surface area contributed by atoms with Gasteiger partial charge in [0.15, 0.2) is 0 Å². The van der Waals surface area contributed by atoms with Crippen LogP contribution in [-0.4, -0.2) is 14.8 Å². The van der Waals surface area contributed by atoms with Gasteiger partial charge in [-0.05, 0) is 43.7 Å². The molecule has 1 aromatic carbocycles. The molecule has 0 amide bonds. The maximum absolute atomic E-state index is 4.03. The molecular formula is C15H18N4. The van der Waals surface area contributed by atoms with Crippen LogP contribution >= 0.6 is 0 Å². The first-order chi connectivity index (χ1) is 9.15. The summed E-state index contributed by atoms with van der Waals surface area (Å²) in [5, 5.41) is 11.6. The highest BCUT2D eigenvalue weighted by atomic mass is 15.1. The van der Waals surface area contributed by atoms with Crippen LogP contribution in [0.25, 0.3) is 10.9 Å². The van der Waals surface area contributed by atoms with E-state index >= 15 is 0 Å². The fourth-order valence-electron chi connectivity index (χ4n) is 2.36. The van der Waals surface area contributed by atoms with E-state index in [9.17, 15) is 0 Å². The maximum atomic E-state index is 4.03. The van der Waals surface area contributed by atoms with Gasteiger partial charge >= 0.3 is 0 Å². The van der Waals surface area contributed by atoms with Crippen LogP contribution in [0.15, 0.2) is 30.5 Å². The van der Waals surface area contributed by atoms with E-state index in [1.165, 1.54) is 17.0 Å². The first kappa shape index (κ1) is 11.8. The smallest absolute Gasteiger partial charge is 0.0651 e. The molecule has 0 bridgehead atoms. The van der Waals surface area contributed by atoms with Crippen molar-refractivity contribution >= 4 is 16.6 Å². The Morgan fingerprint density at radius 3 is 2.84 bits per heavy atom. The van der Waals surface area contributed by atoms with Crippen LogP contribution in [0.1, 0.15) is 17.0 Å².